The number of pyridine rings is 1. The maximum Gasteiger partial charge on any atom is 0.338 e. The van der Waals surface area contributed by atoms with Gasteiger partial charge in [-0.25, -0.2) is 9.78 Å². The van der Waals surface area contributed by atoms with Crippen molar-refractivity contribution >= 4 is 43.5 Å². The van der Waals surface area contributed by atoms with Crippen molar-refractivity contribution in [3.63, 3.8) is 0 Å². The number of hydrogen-bond acceptors (Lipinski definition) is 4. The average Bonchev–Trinajstić information content (AvgIpc) is 2.46. The summed E-state index contributed by atoms with van der Waals surface area (Å²) in [5, 5.41) is 3.27. The number of ether oxygens (including phenoxy) is 1. The molecule has 21 heavy (non-hydrogen) atoms. The molecule has 0 aliphatic heterocycles. The second-order valence-electron chi connectivity index (χ2n) is 4.22. The fourth-order valence-corrected chi connectivity index (χ4v) is 2.63. The molecule has 0 saturated heterocycles. The second-order valence-corrected chi connectivity index (χ2v) is 5.89. The minimum Gasteiger partial charge on any atom is -0.462 e. The summed E-state index contributed by atoms with van der Waals surface area (Å²) < 4.78 is 6.58. The fourth-order valence-electron chi connectivity index (χ4n) is 1.73. The van der Waals surface area contributed by atoms with Crippen molar-refractivity contribution < 1.29 is 9.53 Å². The number of halogens is 2. The maximum atomic E-state index is 11.6. The molecular weight excluding hydrogens is 400 g/mol. The first-order chi connectivity index (χ1) is 10.1. The highest BCUT2D eigenvalue weighted by atomic mass is 79.9. The Kier molecular flexibility index (Phi) is 5.76. The van der Waals surface area contributed by atoms with E-state index in [1.807, 2.05) is 24.3 Å². The SMILES string of the molecule is CCOC(=O)c1ccc(NCc2cccc(Br)n2)c(Br)c1. The molecule has 0 atom stereocenters. The van der Waals surface area contributed by atoms with Crippen LogP contribution in [0.25, 0.3) is 0 Å². The molecule has 1 aromatic heterocycles. The summed E-state index contributed by atoms with van der Waals surface area (Å²) in [5.41, 5.74) is 2.34. The summed E-state index contributed by atoms with van der Waals surface area (Å²) >= 11 is 6.80. The summed E-state index contributed by atoms with van der Waals surface area (Å²) in [7, 11) is 0. The first-order valence-corrected chi connectivity index (χ1v) is 8.00. The lowest BCUT2D eigenvalue weighted by Gasteiger charge is -2.10. The van der Waals surface area contributed by atoms with Gasteiger partial charge in [0, 0.05) is 10.2 Å². The van der Waals surface area contributed by atoms with Gasteiger partial charge < -0.3 is 10.1 Å². The molecule has 2 rings (SSSR count). The third kappa shape index (κ3) is 4.54. The van der Waals surface area contributed by atoms with Gasteiger partial charge in [-0.3, -0.25) is 0 Å². The van der Waals surface area contributed by atoms with Crippen LogP contribution in [0.2, 0.25) is 0 Å². The van der Waals surface area contributed by atoms with Gasteiger partial charge in [-0.2, -0.15) is 0 Å². The van der Waals surface area contributed by atoms with Gasteiger partial charge in [-0.15, -0.1) is 0 Å². The van der Waals surface area contributed by atoms with Crippen LogP contribution < -0.4 is 5.32 Å². The minimum absolute atomic E-state index is 0.321. The standard InChI is InChI=1S/C15H14Br2N2O2/c1-2-21-15(20)10-6-7-13(12(16)8-10)18-9-11-4-3-5-14(17)19-11/h3-8,18H,2,9H2,1H3. The number of aromatic nitrogens is 1. The van der Waals surface area contributed by atoms with Gasteiger partial charge in [0.15, 0.2) is 0 Å². The van der Waals surface area contributed by atoms with Gasteiger partial charge in [0.05, 0.1) is 24.4 Å². The topological polar surface area (TPSA) is 51.2 Å². The molecule has 0 spiro atoms. The first kappa shape index (κ1) is 16.0. The molecule has 0 bridgehead atoms. The molecule has 0 aliphatic rings. The zero-order chi connectivity index (χ0) is 15.2. The van der Waals surface area contributed by atoms with E-state index < -0.39 is 0 Å². The zero-order valence-corrected chi connectivity index (χ0v) is 14.6. The minimum atomic E-state index is -0.321. The molecular formula is C15H14Br2N2O2. The first-order valence-electron chi connectivity index (χ1n) is 6.42. The quantitative estimate of drug-likeness (QED) is 0.583. The van der Waals surface area contributed by atoms with E-state index in [1.54, 1.807) is 19.1 Å². The number of hydrogen-bond donors (Lipinski definition) is 1. The van der Waals surface area contributed by atoms with Crippen LogP contribution >= 0.6 is 31.9 Å². The molecule has 1 N–H and O–H groups in total. The molecule has 4 nitrogen and oxygen atoms in total. The summed E-state index contributed by atoms with van der Waals surface area (Å²) in [5.74, 6) is -0.321. The van der Waals surface area contributed by atoms with Crippen LogP contribution in [0, 0.1) is 0 Å². The van der Waals surface area contributed by atoms with Gasteiger partial charge in [0.25, 0.3) is 0 Å². The van der Waals surface area contributed by atoms with E-state index in [-0.39, 0.29) is 5.97 Å². The van der Waals surface area contributed by atoms with E-state index >= 15 is 0 Å². The Labute approximate surface area is 140 Å². The lowest BCUT2D eigenvalue weighted by atomic mass is 10.2. The summed E-state index contributed by atoms with van der Waals surface area (Å²) in [6.45, 7) is 2.75. The molecule has 0 unspecified atom stereocenters. The fraction of sp³-hybridized carbons (Fsp3) is 0.200. The second kappa shape index (κ2) is 7.56. The van der Waals surface area contributed by atoms with Crippen molar-refractivity contribution in [1.82, 2.24) is 4.98 Å². The average molecular weight is 414 g/mol. The Bertz CT molecular complexity index is 647. The maximum absolute atomic E-state index is 11.6. The highest BCUT2D eigenvalue weighted by Crippen LogP contribution is 2.24. The molecule has 1 aromatic carbocycles. The zero-order valence-electron chi connectivity index (χ0n) is 11.4. The molecule has 0 radical (unpaired) electrons. The van der Waals surface area contributed by atoms with Gasteiger partial charge in [-0.05, 0) is 69.1 Å². The number of carbonyl (C=O) groups excluding carboxylic acids is 1. The number of nitrogens with zero attached hydrogens (tertiary/aromatic N) is 1. The largest absolute Gasteiger partial charge is 0.462 e. The number of nitrogens with one attached hydrogen (secondary N) is 1. The summed E-state index contributed by atoms with van der Waals surface area (Å²) in [6.07, 6.45) is 0. The Hall–Kier alpha value is -1.40. The predicted molar refractivity (Wildman–Crippen MR) is 89.4 cm³/mol. The van der Waals surface area contributed by atoms with Crippen LogP contribution in [0.4, 0.5) is 5.69 Å². The van der Waals surface area contributed by atoms with E-state index in [4.69, 9.17) is 4.74 Å². The summed E-state index contributed by atoms with van der Waals surface area (Å²) in [6, 6.07) is 11.1. The highest BCUT2D eigenvalue weighted by Gasteiger charge is 2.09. The third-order valence-corrected chi connectivity index (χ3v) is 3.81. The lowest BCUT2D eigenvalue weighted by molar-refractivity contribution is 0.0526. The van der Waals surface area contributed by atoms with Crippen molar-refractivity contribution in [2.75, 3.05) is 11.9 Å². The van der Waals surface area contributed by atoms with Crippen molar-refractivity contribution in [2.45, 2.75) is 13.5 Å². The van der Waals surface area contributed by atoms with E-state index in [0.717, 1.165) is 20.5 Å². The molecule has 1 heterocycles. The van der Waals surface area contributed by atoms with Crippen molar-refractivity contribution in [1.29, 1.82) is 0 Å². The normalized spacial score (nSPS) is 10.2. The van der Waals surface area contributed by atoms with Crippen molar-refractivity contribution in [3.8, 4) is 0 Å². The molecule has 0 saturated carbocycles. The predicted octanol–water partition coefficient (Wildman–Crippen LogP) is 4.40. The molecule has 0 fully saturated rings. The van der Waals surface area contributed by atoms with Crippen LogP contribution in [0.3, 0.4) is 0 Å². The Morgan fingerprint density at radius 2 is 2.10 bits per heavy atom. The van der Waals surface area contributed by atoms with Crippen LogP contribution in [-0.4, -0.2) is 17.6 Å². The van der Waals surface area contributed by atoms with Crippen molar-refractivity contribution in [2.24, 2.45) is 0 Å². The Morgan fingerprint density at radius 1 is 1.29 bits per heavy atom. The van der Waals surface area contributed by atoms with Crippen LogP contribution in [0.1, 0.15) is 23.0 Å². The van der Waals surface area contributed by atoms with E-state index in [0.29, 0.717) is 18.7 Å². The summed E-state index contributed by atoms with van der Waals surface area (Å²) in [4.78, 5) is 16.0. The van der Waals surface area contributed by atoms with E-state index in [1.165, 1.54) is 0 Å². The monoisotopic (exact) mass is 412 g/mol. The molecule has 6 heteroatoms. The van der Waals surface area contributed by atoms with Crippen molar-refractivity contribution in [3.05, 3.63) is 56.7 Å². The Balaban J connectivity index is 2.06. The lowest BCUT2D eigenvalue weighted by Crippen LogP contribution is -2.06. The molecule has 2 aromatic rings. The van der Waals surface area contributed by atoms with Gasteiger partial charge in [-0.1, -0.05) is 6.07 Å². The number of rotatable bonds is 5. The van der Waals surface area contributed by atoms with E-state index in [9.17, 15) is 4.79 Å². The van der Waals surface area contributed by atoms with Gasteiger partial charge in [0.2, 0.25) is 0 Å². The smallest absolute Gasteiger partial charge is 0.338 e. The third-order valence-electron chi connectivity index (χ3n) is 2.71. The number of anilines is 1. The molecule has 110 valence electrons. The molecule has 0 aliphatic carbocycles. The highest BCUT2D eigenvalue weighted by molar-refractivity contribution is 9.10. The van der Waals surface area contributed by atoms with E-state index in [2.05, 4.69) is 42.2 Å². The number of esters is 1. The molecule has 0 amide bonds. The number of carbonyl (C=O) groups is 1. The Morgan fingerprint density at radius 3 is 2.76 bits per heavy atom. The van der Waals surface area contributed by atoms with Crippen LogP contribution in [0.5, 0.6) is 0 Å². The van der Waals surface area contributed by atoms with Gasteiger partial charge >= 0.3 is 5.97 Å². The number of benzene rings is 1. The van der Waals surface area contributed by atoms with Crippen LogP contribution in [-0.2, 0) is 11.3 Å². The van der Waals surface area contributed by atoms with Crippen LogP contribution in [0.15, 0.2) is 45.5 Å². The van der Waals surface area contributed by atoms with Gasteiger partial charge in [0.1, 0.15) is 4.60 Å².